The Hall–Kier alpha value is -2.30. The Labute approximate surface area is 169 Å². The lowest BCUT2D eigenvalue weighted by Gasteiger charge is -2.33. The molecule has 27 heavy (non-hydrogen) atoms. The molecule has 0 unspecified atom stereocenters. The van der Waals surface area contributed by atoms with Crippen LogP contribution in [0.3, 0.4) is 0 Å². The third-order valence-corrected chi connectivity index (χ3v) is 5.36. The topological polar surface area (TPSA) is 41.0 Å². The normalized spacial score (nSPS) is 15.0. The summed E-state index contributed by atoms with van der Waals surface area (Å²) in [5.41, 5.74) is 3.09. The van der Waals surface area contributed by atoms with E-state index in [1.54, 1.807) is 12.4 Å². The Bertz CT molecular complexity index is 909. The first kappa shape index (κ1) is 18.1. The molecule has 138 valence electrons. The summed E-state index contributed by atoms with van der Waals surface area (Å²) < 4.78 is 0. The van der Waals surface area contributed by atoms with Crippen molar-refractivity contribution in [2.45, 2.75) is 18.9 Å². The Kier molecular flexibility index (Phi) is 5.46. The maximum atomic E-state index is 6.54. The van der Waals surface area contributed by atoms with Crippen LogP contribution in [0.4, 0.5) is 11.6 Å². The van der Waals surface area contributed by atoms with Crippen LogP contribution in [0.2, 0.25) is 10.0 Å². The summed E-state index contributed by atoms with van der Waals surface area (Å²) in [5.74, 6) is 0.805. The number of rotatable bonds is 4. The van der Waals surface area contributed by atoms with E-state index >= 15 is 0 Å². The van der Waals surface area contributed by atoms with Gasteiger partial charge >= 0.3 is 0 Å². The van der Waals surface area contributed by atoms with Crippen molar-refractivity contribution in [1.29, 1.82) is 0 Å². The molecule has 2 heterocycles. The van der Waals surface area contributed by atoms with Crippen molar-refractivity contribution < 1.29 is 0 Å². The number of nitrogens with zero attached hydrogens (tertiary/aromatic N) is 3. The fourth-order valence-corrected chi connectivity index (χ4v) is 3.80. The highest BCUT2D eigenvalue weighted by atomic mass is 35.5. The first-order valence-corrected chi connectivity index (χ1v) is 9.78. The standard InChI is InChI=1S/C21H20Cl2N4/c22-17-4-1-3-15(13-17)16-5-6-20(19(23)14-16)26-18-7-11-27(12-8-18)21-24-9-2-10-25-21/h1-6,9-10,13-14,18,26H,7-8,11-12H2. The molecule has 3 aromatic rings. The van der Waals surface area contributed by atoms with Gasteiger partial charge in [-0.15, -0.1) is 0 Å². The van der Waals surface area contributed by atoms with Crippen molar-refractivity contribution in [1.82, 2.24) is 9.97 Å². The molecule has 0 saturated carbocycles. The second kappa shape index (κ2) is 8.15. The maximum Gasteiger partial charge on any atom is 0.225 e. The first-order valence-electron chi connectivity index (χ1n) is 9.03. The number of hydrogen-bond acceptors (Lipinski definition) is 4. The van der Waals surface area contributed by atoms with Crippen LogP contribution in [-0.4, -0.2) is 29.1 Å². The van der Waals surface area contributed by atoms with Crippen LogP contribution in [0.5, 0.6) is 0 Å². The van der Waals surface area contributed by atoms with Crippen molar-refractivity contribution in [2.75, 3.05) is 23.3 Å². The van der Waals surface area contributed by atoms with Crippen LogP contribution in [0, 0.1) is 0 Å². The second-order valence-electron chi connectivity index (χ2n) is 6.66. The third-order valence-electron chi connectivity index (χ3n) is 4.82. The number of hydrogen-bond donors (Lipinski definition) is 1. The number of benzene rings is 2. The van der Waals surface area contributed by atoms with E-state index in [2.05, 4.69) is 26.3 Å². The molecule has 1 aliphatic rings. The minimum absolute atomic E-state index is 0.388. The molecule has 1 N–H and O–H groups in total. The molecular weight excluding hydrogens is 379 g/mol. The van der Waals surface area contributed by atoms with E-state index in [1.807, 2.05) is 42.5 Å². The predicted octanol–water partition coefficient (Wildman–Crippen LogP) is 5.53. The van der Waals surface area contributed by atoms with Gasteiger partial charge in [0.05, 0.1) is 10.7 Å². The molecule has 0 bridgehead atoms. The van der Waals surface area contributed by atoms with Gasteiger partial charge < -0.3 is 10.2 Å². The molecule has 4 nitrogen and oxygen atoms in total. The molecule has 0 amide bonds. The molecule has 6 heteroatoms. The number of nitrogens with one attached hydrogen (secondary N) is 1. The lowest BCUT2D eigenvalue weighted by molar-refractivity contribution is 0.520. The van der Waals surface area contributed by atoms with Gasteiger partial charge in [0.25, 0.3) is 0 Å². The fraction of sp³-hybridized carbons (Fsp3) is 0.238. The average Bonchev–Trinajstić information content (AvgIpc) is 2.71. The van der Waals surface area contributed by atoms with Gasteiger partial charge in [-0.2, -0.15) is 0 Å². The zero-order chi connectivity index (χ0) is 18.6. The van der Waals surface area contributed by atoms with E-state index in [9.17, 15) is 0 Å². The zero-order valence-electron chi connectivity index (χ0n) is 14.8. The summed E-state index contributed by atoms with van der Waals surface area (Å²) in [5, 5.41) is 5.03. The summed E-state index contributed by atoms with van der Waals surface area (Å²) in [6.07, 6.45) is 5.61. The van der Waals surface area contributed by atoms with E-state index in [0.717, 1.165) is 58.7 Å². The van der Waals surface area contributed by atoms with Gasteiger partial charge in [-0.1, -0.05) is 41.4 Å². The van der Waals surface area contributed by atoms with Gasteiger partial charge in [-0.05, 0) is 54.3 Å². The summed E-state index contributed by atoms with van der Waals surface area (Å²) in [6.45, 7) is 1.86. The predicted molar refractivity (Wildman–Crippen MR) is 113 cm³/mol. The SMILES string of the molecule is Clc1cccc(-c2ccc(NC3CCN(c4ncccn4)CC3)c(Cl)c2)c1. The largest absolute Gasteiger partial charge is 0.381 e. The van der Waals surface area contributed by atoms with E-state index in [4.69, 9.17) is 23.2 Å². The summed E-state index contributed by atoms with van der Waals surface area (Å²) in [4.78, 5) is 10.9. The highest BCUT2D eigenvalue weighted by Crippen LogP contribution is 2.31. The minimum atomic E-state index is 0.388. The fourth-order valence-electron chi connectivity index (χ4n) is 3.38. The molecule has 2 aromatic carbocycles. The molecule has 0 spiro atoms. The summed E-state index contributed by atoms with van der Waals surface area (Å²) in [6, 6.07) is 16.1. The Balaban J connectivity index is 1.40. The smallest absolute Gasteiger partial charge is 0.225 e. The molecule has 1 aromatic heterocycles. The maximum absolute atomic E-state index is 6.54. The van der Waals surface area contributed by atoms with Crippen molar-refractivity contribution in [2.24, 2.45) is 0 Å². The Morgan fingerprint density at radius 2 is 1.63 bits per heavy atom. The van der Waals surface area contributed by atoms with Gasteiger partial charge in [0.1, 0.15) is 0 Å². The lowest BCUT2D eigenvalue weighted by Crippen LogP contribution is -2.39. The number of anilines is 2. The van der Waals surface area contributed by atoms with Crippen molar-refractivity contribution in [3.05, 3.63) is 71.0 Å². The van der Waals surface area contributed by atoms with Gasteiger partial charge in [0, 0.05) is 36.5 Å². The molecule has 4 rings (SSSR count). The van der Waals surface area contributed by atoms with Crippen LogP contribution in [0.25, 0.3) is 11.1 Å². The molecular formula is C21H20Cl2N4. The molecule has 1 fully saturated rings. The zero-order valence-corrected chi connectivity index (χ0v) is 16.3. The van der Waals surface area contributed by atoms with Crippen LogP contribution in [0.15, 0.2) is 60.9 Å². The van der Waals surface area contributed by atoms with Gasteiger partial charge in [-0.3, -0.25) is 0 Å². The number of halogens is 2. The second-order valence-corrected chi connectivity index (χ2v) is 7.50. The van der Waals surface area contributed by atoms with Gasteiger partial charge in [0.2, 0.25) is 5.95 Å². The van der Waals surface area contributed by atoms with Crippen LogP contribution < -0.4 is 10.2 Å². The summed E-state index contributed by atoms with van der Waals surface area (Å²) >= 11 is 12.6. The summed E-state index contributed by atoms with van der Waals surface area (Å²) in [7, 11) is 0. The van der Waals surface area contributed by atoms with E-state index < -0.39 is 0 Å². The average molecular weight is 399 g/mol. The van der Waals surface area contributed by atoms with E-state index in [-0.39, 0.29) is 0 Å². The van der Waals surface area contributed by atoms with E-state index in [1.165, 1.54) is 0 Å². The third kappa shape index (κ3) is 4.34. The molecule has 0 aliphatic carbocycles. The van der Waals surface area contributed by atoms with Crippen LogP contribution in [0.1, 0.15) is 12.8 Å². The monoisotopic (exact) mass is 398 g/mol. The van der Waals surface area contributed by atoms with Crippen LogP contribution in [-0.2, 0) is 0 Å². The van der Waals surface area contributed by atoms with Gasteiger partial charge in [-0.25, -0.2) is 9.97 Å². The lowest BCUT2D eigenvalue weighted by atomic mass is 10.0. The van der Waals surface area contributed by atoms with Gasteiger partial charge in [0.15, 0.2) is 0 Å². The number of piperidine rings is 1. The Morgan fingerprint density at radius 3 is 2.33 bits per heavy atom. The number of aromatic nitrogens is 2. The van der Waals surface area contributed by atoms with Crippen LogP contribution >= 0.6 is 23.2 Å². The minimum Gasteiger partial charge on any atom is -0.381 e. The molecule has 1 aliphatic heterocycles. The van der Waals surface area contributed by atoms with Crippen molar-refractivity contribution in [3.8, 4) is 11.1 Å². The first-order chi connectivity index (χ1) is 13.2. The molecule has 0 atom stereocenters. The van der Waals surface area contributed by atoms with Crippen molar-refractivity contribution in [3.63, 3.8) is 0 Å². The van der Waals surface area contributed by atoms with Crippen molar-refractivity contribution >= 4 is 34.8 Å². The van der Waals surface area contributed by atoms with E-state index in [0.29, 0.717) is 6.04 Å². The Morgan fingerprint density at radius 1 is 0.889 bits per heavy atom. The molecule has 0 radical (unpaired) electrons. The highest BCUT2D eigenvalue weighted by Gasteiger charge is 2.21. The molecule has 1 saturated heterocycles. The highest BCUT2D eigenvalue weighted by molar-refractivity contribution is 6.33. The quantitative estimate of drug-likeness (QED) is 0.626.